The maximum absolute atomic E-state index is 13.4. The third kappa shape index (κ3) is 7.89. The second-order valence-electron chi connectivity index (χ2n) is 10.00. The van der Waals surface area contributed by atoms with Crippen molar-refractivity contribution in [2.45, 2.75) is 25.3 Å². The van der Waals surface area contributed by atoms with Gasteiger partial charge in [0.05, 0.1) is 24.4 Å². The van der Waals surface area contributed by atoms with Crippen LogP contribution < -0.4 is 20.7 Å². The van der Waals surface area contributed by atoms with E-state index in [0.29, 0.717) is 47.1 Å². The highest BCUT2D eigenvalue weighted by Crippen LogP contribution is 2.15. The van der Waals surface area contributed by atoms with Crippen molar-refractivity contribution < 1.29 is 23.9 Å². The van der Waals surface area contributed by atoms with Gasteiger partial charge in [0, 0.05) is 49.4 Å². The third-order valence-electron chi connectivity index (χ3n) is 6.80. The zero-order chi connectivity index (χ0) is 30.2. The van der Waals surface area contributed by atoms with Gasteiger partial charge in [0.1, 0.15) is 29.7 Å². The average Bonchev–Trinajstić information content (AvgIpc) is 3.67. The first-order valence-corrected chi connectivity index (χ1v) is 14.2. The topological polar surface area (TPSA) is 163 Å². The largest absolute Gasteiger partial charge is 0.492 e. The van der Waals surface area contributed by atoms with Crippen LogP contribution in [0.4, 0.5) is 0 Å². The number of ether oxygens (including phenoxy) is 1. The van der Waals surface area contributed by atoms with Crippen molar-refractivity contribution in [1.82, 2.24) is 40.2 Å². The zero-order valence-electron chi connectivity index (χ0n) is 23.2. The summed E-state index contributed by atoms with van der Waals surface area (Å²) in [6.07, 6.45) is 7.58. The van der Waals surface area contributed by atoms with Crippen molar-refractivity contribution in [2.24, 2.45) is 0 Å². The average molecular weight is 607 g/mol. The minimum atomic E-state index is -0.858. The predicted octanol–water partition coefficient (Wildman–Crippen LogP) is 1.60. The van der Waals surface area contributed by atoms with E-state index in [1.165, 1.54) is 11.2 Å². The molecule has 4 amide bonds. The molecule has 13 nitrogen and oxygen atoms in total. The third-order valence-corrected chi connectivity index (χ3v) is 7.02. The summed E-state index contributed by atoms with van der Waals surface area (Å²) in [6, 6.07) is 9.09. The molecule has 14 heteroatoms. The van der Waals surface area contributed by atoms with Gasteiger partial charge < -0.3 is 35.0 Å². The van der Waals surface area contributed by atoms with E-state index in [9.17, 15) is 19.2 Å². The number of carbonyl (C=O) groups is 4. The lowest BCUT2D eigenvalue weighted by Crippen LogP contribution is -2.48. The molecule has 43 heavy (non-hydrogen) atoms. The fraction of sp³-hybridized carbons (Fsp3) is 0.310. The SMILES string of the molecule is O=C1CN(C(=O)c2cn3cc(Cl)ccc3n2)CCCCNC(=O)[C@H](Cc2cnc[nH]2)NC(=O)c2cccc(c2)OCCN1. The van der Waals surface area contributed by atoms with Crippen LogP contribution in [0.5, 0.6) is 5.75 Å². The van der Waals surface area contributed by atoms with Crippen LogP contribution in [-0.2, 0) is 16.0 Å². The molecular weight excluding hydrogens is 576 g/mol. The van der Waals surface area contributed by atoms with Crippen LogP contribution in [0.3, 0.4) is 0 Å². The van der Waals surface area contributed by atoms with Crippen LogP contribution in [-0.4, -0.2) is 86.7 Å². The highest BCUT2D eigenvalue weighted by Gasteiger charge is 2.24. The number of fused-ring (bicyclic) bond motifs is 3. The van der Waals surface area contributed by atoms with Gasteiger partial charge in [-0.3, -0.25) is 19.2 Å². The van der Waals surface area contributed by atoms with Crippen molar-refractivity contribution in [1.29, 1.82) is 0 Å². The Balaban J connectivity index is 1.31. The Hall–Kier alpha value is -4.91. The smallest absolute Gasteiger partial charge is 0.274 e. The molecule has 2 bridgehead atoms. The van der Waals surface area contributed by atoms with Crippen LogP contribution in [0.15, 0.2) is 61.3 Å². The number of halogens is 1. The predicted molar refractivity (Wildman–Crippen MR) is 157 cm³/mol. The molecule has 1 aromatic carbocycles. The lowest BCUT2D eigenvalue weighted by atomic mass is 10.1. The molecule has 0 spiro atoms. The fourth-order valence-corrected chi connectivity index (χ4v) is 4.80. The minimum absolute atomic E-state index is 0.142. The van der Waals surface area contributed by atoms with Crippen molar-refractivity contribution >= 4 is 40.9 Å². The van der Waals surface area contributed by atoms with E-state index >= 15 is 0 Å². The molecule has 0 radical (unpaired) electrons. The molecule has 5 rings (SSSR count). The Kier molecular flexibility index (Phi) is 9.52. The highest BCUT2D eigenvalue weighted by atomic mass is 35.5. The summed E-state index contributed by atoms with van der Waals surface area (Å²) in [5, 5.41) is 8.95. The normalized spacial score (nSPS) is 17.6. The van der Waals surface area contributed by atoms with E-state index in [1.807, 2.05) is 0 Å². The minimum Gasteiger partial charge on any atom is -0.492 e. The van der Waals surface area contributed by atoms with Crippen LogP contribution in [0, 0.1) is 0 Å². The van der Waals surface area contributed by atoms with Crippen LogP contribution in [0.1, 0.15) is 39.4 Å². The van der Waals surface area contributed by atoms with Gasteiger partial charge in [-0.15, -0.1) is 0 Å². The summed E-state index contributed by atoms with van der Waals surface area (Å²) in [4.78, 5) is 65.2. The van der Waals surface area contributed by atoms with Gasteiger partial charge in [0.15, 0.2) is 0 Å². The number of carbonyl (C=O) groups excluding carboxylic acids is 4. The molecule has 4 N–H and O–H groups in total. The monoisotopic (exact) mass is 606 g/mol. The number of aromatic nitrogens is 4. The van der Waals surface area contributed by atoms with Crippen molar-refractivity contribution in [3.63, 3.8) is 0 Å². The molecule has 0 saturated carbocycles. The van der Waals surface area contributed by atoms with Gasteiger partial charge in [-0.1, -0.05) is 17.7 Å². The van der Waals surface area contributed by atoms with Crippen LogP contribution in [0.25, 0.3) is 5.65 Å². The molecule has 1 atom stereocenters. The number of pyridine rings is 1. The molecule has 1 aliphatic rings. The van der Waals surface area contributed by atoms with E-state index in [2.05, 4.69) is 30.9 Å². The first kappa shape index (κ1) is 29.6. The van der Waals surface area contributed by atoms with Gasteiger partial charge in [0.25, 0.3) is 11.8 Å². The fourth-order valence-electron chi connectivity index (χ4n) is 4.63. The Labute approximate surface area is 252 Å². The number of amides is 4. The first-order chi connectivity index (χ1) is 20.9. The van der Waals surface area contributed by atoms with Crippen molar-refractivity contribution in [3.05, 3.63) is 83.3 Å². The second kappa shape index (κ2) is 13.8. The number of imidazole rings is 2. The standard InChI is InChI=1S/C29H31ClN8O5/c30-20-6-7-25-35-24(16-38(25)15-20)29(42)37-10-2-1-8-33-28(41)23(13-21-14-31-18-34-21)36-27(40)19-4-3-5-22(12-19)43-11-9-32-26(39)17-37/h3-7,12,14-16,18,23H,1-2,8-11,13,17H2,(H,31,34)(H,32,39)(H,33,41)(H,36,40)/t23-/m0/s1. The number of rotatable bonds is 3. The van der Waals surface area contributed by atoms with Gasteiger partial charge in [0.2, 0.25) is 11.8 Å². The Morgan fingerprint density at radius 3 is 2.79 bits per heavy atom. The number of H-pyrrole nitrogens is 1. The summed E-state index contributed by atoms with van der Waals surface area (Å²) in [5.74, 6) is -1.12. The van der Waals surface area contributed by atoms with Gasteiger partial charge in [-0.2, -0.15) is 0 Å². The summed E-state index contributed by atoms with van der Waals surface area (Å²) < 4.78 is 7.39. The van der Waals surface area contributed by atoms with Gasteiger partial charge >= 0.3 is 0 Å². The number of hydrogen-bond acceptors (Lipinski definition) is 7. The lowest BCUT2D eigenvalue weighted by Gasteiger charge is -2.22. The molecule has 0 aliphatic carbocycles. The second-order valence-corrected chi connectivity index (χ2v) is 10.4. The Morgan fingerprint density at radius 1 is 1.07 bits per heavy atom. The molecule has 0 fully saturated rings. The van der Waals surface area contributed by atoms with Crippen molar-refractivity contribution in [2.75, 3.05) is 32.8 Å². The van der Waals surface area contributed by atoms with Crippen LogP contribution >= 0.6 is 11.6 Å². The Bertz CT molecular complexity index is 1610. The van der Waals surface area contributed by atoms with Crippen LogP contribution in [0.2, 0.25) is 5.02 Å². The number of nitrogens with zero attached hydrogens (tertiary/aromatic N) is 4. The lowest BCUT2D eigenvalue weighted by molar-refractivity contribution is -0.123. The van der Waals surface area contributed by atoms with E-state index in [-0.39, 0.29) is 50.2 Å². The first-order valence-electron chi connectivity index (χ1n) is 13.8. The Morgan fingerprint density at radius 2 is 1.95 bits per heavy atom. The van der Waals surface area contributed by atoms with Gasteiger partial charge in [-0.25, -0.2) is 9.97 Å². The van der Waals surface area contributed by atoms with Crippen molar-refractivity contribution in [3.8, 4) is 5.75 Å². The molecule has 224 valence electrons. The van der Waals surface area contributed by atoms with E-state index in [0.717, 1.165) is 0 Å². The zero-order valence-corrected chi connectivity index (χ0v) is 24.0. The van der Waals surface area contributed by atoms with E-state index in [1.54, 1.807) is 59.4 Å². The number of nitrogens with one attached hydrogen (secondary N) is 4. The molecule has 4 heterocycles. The molecule has 0 unspecified atom stereocenters. The maximum atomic E-state index is 13.4. The highest BCUT2D eigenvalue weighted by molar-refractivity contribution is 6.30. The number of aromatic amines is 1. The number of benzene rings is 1. The molecule has 3 aromatic heterocycles. The molecule has 0 saturated heterocycles. The summed E-state index contributed by atoms with van der Waals surface area (Å²) in [5.41, 5.74) is 1.75. The van der Waals surface area contributed by atoms with E-state index in [4.69, 9.17) is 16.3 Å². The quantitative estimate of drug-likeness (QED) is 0.275. The van der Waals surface area contributed by atoms with E-state index < -0.39 is 17.9 Å². The van der Waals surface area contributed by atoms with Gasteiger partial charge in [-0.05, 0) is 43.2 Å². The molecule has 4 aromatic rings. The number of hydrogen-bond donors (Lipinski definition) is 4. The summed E-state index contributed by atoms with van der Waals surface area (Å²) in [7, 11) is 0. The molecule has 1 aliphatic heterocycles. The molecular formula is C29H31ClN8O5. The summed E-state index contributed by atoms with van der Waals surface area (Å²) in [6.45, 7) is 0.712. The summed E-state index contributed by atoms with van der Waals surface area (Å²) >= 11 is 6.07. The maximum Gasteiger partial charge on any atom is 0.274 e.